The summed E-state index contributed by atoms with van der Waals surface area (Å²) in [6, 6.07) is 0. The van der Waals surface area contributed by atoms with Crippen LogP contribution in [0.4, 0.5) is 0 Å². The summed E-state index contributed by atoms with van der Waals surface area (Å²) < 4.78 is 5.09. The average molecular weight is 314 g/mol. The molecule has 0 bridgehead atoms. The molecule has 0 aromatic rings. The van der Waals surface area contributed by atoms with Crippen LogP contribution in [0, 0.1) is 11.8 Å². The zero-order valence-corrected chi connectivity index (χ0v) is 14.3. The molecule has 2 saturated carbocycles. The summed E-state index contributed by atoms with van der Waals surface area (Å²) in [4.78, 5) is 11.7. The number of ether oxygens (including phenoxy) is 1. The molecule has 0 amide bonds. The highest BCUT2D eigenvalue weighted by atomic mass is 32.2. The number of hydrogen-bond acceptors (Lipinski definition) is 4. The van der Waals surface area contributed by atoms with E-state index in [1.807, 2.05) is 18.7 Å². The van der Waals surface area contributed by atoms with Crippen molar-refractivity contribution in [3.8, 4) is 0 Å². The van der Waals surface area contributed by atoms with Crippen molar-refractivity contribution in [1.29, 1.82) is 0 Å². The maximum absolute atomic E-state index is 11.7. The number of rotatable bonds is 5. The van der Waals surface area contributed by atoms with Gasteiger partial charge in [0.1, 0.15) is 0 Å². The lowest BCUT2D eigenvalue weighted by Gasteiger charge is -2.36. The molecule has 2 atom stereocenters. The zero-order valence-electron chi connectivity index (χ0n) is 13.5. The van der Waals surface area contributed by atoms with Crippen molar-refractivity contribution in [1.82, 2.24) is 0 Å². The minimum atomic E-state index is -0.561. The Balaban J connectivity index is 1.73. The number of thioether (sulfide) groups is 1. The average Bonchev–Trinajstić information content (AvgIpc) is 2.46. The molecule has 3 nitrogen and oxygen atoms in total. The van der Waals surface area contributed by atoms with E-state index >= 15 is 0 Å². The molecule has 2 fully saturated rings. The van der Waals surface area contributed by atoms with Crippen molar-refractivity contribution in [3.05, 3.63) is 0 Å². The second kappa shape index (κ2) is 7.87. The molecule has 2 rings (SSSR count). The van der Waals surface area contributed by atoms with E-state index in [1.165, 1.54) is 25.7 Å². The van der Waals surface area contributed by atoms with Crippen molar-refractivity contribution in [2.24, 2.45) is 11.8 Å². The van der Waals surface area contributed by atoms with Crippen LogP contribution in [0.3, 0.4) is 0 Å². The van der Waals surface area contributed by atoms with E-state index in [2.05, 4.69) is 6.92 Å². The molecular formula is C17H30O3S. The summed E-state index contributed by atoms with van der Waals surface area (Å²) in [5.74, 6) is 1.60. The van der Waals surface area contributed by atoms with Gasteiger partial charge < -0.3 is 9.84 Å². The van der Waals surface area contributed by atoms with Gasteiger partial charge in [0.2, 0.25) is 0 Å². The molecule has 2 unspecified atom stereocenters. The van der Waals surface area contributed by atoms with Gasteiger partial charge in [-0.1, -0.05) is 19.8 Å². The third-order valence-electron chi connectivity index (χ3n) is 5.01. The fourth-order valence-electron chi connectivity index (χ4n) is 3.60. The first-order valence-corrected chi connectivity index (χ1v) is 9.58. The lowest BCUT2D eigenvalue weighted by molar-refractivity contribution is -0.150. The lowest BCUT2D eigenvalue weighted by atomic mass is 9.80. The Kier molecular flexibility index (Phi) is 6.42. The monoisotopic (exact) mass is 314 g/mol. The quantitative estimate of drug-likeness (QED) is 0.784. The van der Waals surface area contributed by atoms with Gasteiger partial charge >= 0.3 is 5.97 Å². The van der Waals surface area contributed by atoms with E-state index in [9.17, 15) is 9.90 Å². The van der Waals surface area contributed by atoms with E-state index in [4.69, 9.17) is 4.74 Å². The first-order chi connectivity index (χ1) is 10.0. The standard InChI is InChI=1S/C17H30O3S/c1-3-20-16(18)14-7-9-17(19,10-8-14)12-21-15-6-4-5-13(2)11-15/h13-15,19H,3-12H2,1-2H3. The maximum atomic E-state index is 11.7. The highest BCUT2D eigenvalue weighted by Gasteiger charge is 2.37. The van der Waals surface area contributed by atoms with Gasteiger partial charge in [-0.2, -0.15) is 11.8 Å². The van der Waals surface area contributed by atoms with E-state index in [-0.39, 0.29) is 11.9 Å². The predicted octanol–water partition coefficient (Wildman–Crippen LogP) is 3.78. The van der Waals surface area contributed by atoms with Crippen LogP contribution < -0.4 is 0 Å². The molecule has 0 aromatic carbocycles. The maximum Gasteiger partial charge on any atom is 0.308 e. The van der Waals surface area contributed by atoms with Crippen molar-refractivity contribution in [2.45, 2.75) is 76.1 Å². The topological polar surface area (TPSA) is 46.5 Å². The van der Waals surface area contributed by atoms with Gasteiger partial charge in [-0.25, -0.2) is 0 Å². The lowest BCUT2D eigenvalue weighted by Crippen LogP contribution is -2.39. The van der Waals surface area contributed by atoms with Gasteiger partial charge in [0.05, 0.1) is 18.1 Å². The van der Waals surface area contributed by atoms with Gasteiger partial charge in [-0.05, 0) is 51.4 Å². The van der Waals surface area contributed by atoms with Gasteiger partial charge in [-0.3, -0.25) is 4.79 Å². The summed E-state index contributed by atoms with van der Waals surface area (Å²) in [6.45, 7) is 4.64. The highest BCUT2D eigenvalue weighted by Crippen LogP contribution is 2.39. The number of carbonyl (C=O) groups excluding carboxylic acids is 1. The summed E-state index contributed by atoms with van der Waals surface area (Å²) >= 11 is 1.96. The molecule has 4 heteroatoms. The molecule has 0 radical (unpaired) electrons. The highest BCUT2D eigenvalue weighted by molar-refractivity contribution is 7.99. The zero-order chi connectivity index (χ0) is 15.3. The van der Waals surface area contributed by atoms with Crippen molar-refractivity contribution >= 4 is 17.7 Å². The first kappa shape index (κ1) is 17.1. The van der Waals surface area contributed by atoms with E-state index in [0.29, 0.717) is 6.61 Å². The summed E-state index contributed by atoms with van der Waals surface area (Å²) in [7, 11) is 0. The fraction of sp³-hybridized carbons (Fsp3) is 0.941. The minimum absolute atomic E-state index is 0.00456. The molecule has 0 aromatic heterocycles. The number of aliphatic hydroxyl groups is 1. The molecule has 0 spiro atoms. The Bertz CT molecular complexity index is 337. The fourth-order valence-corrected chi connectivity index (χ4v) is 5.23. The minimum Gasteiger partial charge on any atom is -0.466 e. The number of carbonyl (C=O) groups is 1. The molecule has 2 aliphatic carbocycles. The van der Waals surface area contributed by atoms with Crippen LogP contribution in [-0.4, -0.2) is 34.3 Å². The van der Waals surface area contributed by atoms with Gasteiger partial charge in [0.15, 0.2) is 0 Å². The van der Waals surface area contributed by atoms with E-state index < -0.39 is 5.60 Å². The second-order valence-corrected chi connectivity index (χ2v) is 8.24. The molecule has 0 saturated heterocycles. The van der Waals surface area contributed by atoms with E-state index in [0.717, 1.165) is 42.6 Å². The summed E-state index contributed by atoms with van der Waals surface area (Å²) in [5, 5.41) is 11.4. The molecule has 0 heterocycles. The van der Waals surface area contributed by atoms with Crippen molar-refractivity contribution in [2.75, 3.05) is 12.4 Å². The SMILES string of the molecule is CCOC(=O)C1CCC(O)(CSC2CCCC(C)C2)CC1. The summed E-state index contributed by atoms with van der Waals surface area (Å²) in [5.41, 5.74) is -0.561. The van der Waals surface area contributed by atoms with E-state index in [1.54, 1.807) is 0 Å². The van der Waals surface area contributed by atoms with Crippen LogP contribution in [0.1, 0.15) is 65.2 Å². The third kappa shape index (κ3) is 5.17. The first-order valence-electron chi connectivity index (χ1n) is 8.53. The number of hydrogen-bond donors (Lipinski definition) is 1. The van der Waals surface area contributed by atoms with Crippen LogP contribution in [0.25, 0.3) is 0 Å². The van der Waals surface area contributed by atoms with Gasteiger partial charge in [0, 0.05) is 11.0 Å². The van der Waals surface area contributed by atoms with Crippen molar-refractivity contribution < 1.29 is 14.6 Å². The van der Waals surface area contributed by atoms with Crippen LogP contribution in [0.15, 0.2) is 0 Å². The smallest absolute Gasteiger partial charge is 0.308 e. The summed E-state index contributed by atoms with van der Waals surface area (Å²) in [6.07, 6.45) is 8.33. The molecule has 122 valence electrons. The Hall–Kier alpha value is -0.220. The van der Waals surface area contributed by atoms with Crippen LogP contribution in [0.5, 0.6) is 0 Å². The van der Waals surface area contributed by atoms with Crippen LogP contribution in [0.2, 0.25) is 0 Å². The largest absolute Gasteiger partial charge is 0.466 e. The molecular weight excluding hydrogens is 284 g/mol. The van der Waals surface area contributed by atoms with Crippen LogP contribution in [-0.2, 0) is 9.53 Å². The Labute approximate surface area is 133 Å². The normalized spacial score (nSPS) is 37.2. The molecule has 2 aliphatic rings. The Morgan fingerprint density at radius 3 is 2.62 bits per heavy atom. The Morgan fingerprint density at radius 2 is 2.00 bits per heavy atom. The van der Waals surface area contributed by atoms with Crippen LogP contribution >= 0.6 is 11.8 Å². The molecule has 0 aliphatic heterocycles. The van der Waals surface area contributed by atoms with Crippen molar-refractivity contribution in [3.63, 3.8) is 0 Å². The second-order valence-electron chi connectivity index (χ2n) is 6.96. The predicted molar refractivity (Wildman–Crippen MR) is 87.4 cm³/mol. The molecule has 21 heavy (non-hydrogen) atoms. The Morgan fingerprint density at radius 1 is 1.29 bits per heavy atom. The molecule has 1 N–H and O–H groups in total. The number of esters is 1. The van der Waals surface area contributed by atoms with Gasteiger partial charge in [0.25, 0.3) is 0 Å². The third-order valence-corrected chi connectivity index (χ3v) is 6.62. The van der Waals surface area contributed by atoms with Gasteiger partial charge in [-0.15, -0.1) is 0 Å².